The predicted octanol–water partition coefficient (Wildman–Crippen LogP) is 4.53. The Hall–Kier alpha value is -3.70. The van der Waals surface area contributed by atoms with Crippen molar-refractivity contribution in [2.45, 2.75) is 46.7 Å². The SMILES string of the molecule is CC.COc1cc(N2CCN(C)c3cc(N4CC(C)NC(C)C4)c(C#N)cc32)c2cc(C)c(=O)n(C)c2c1. The standard InChI is InChI=1S/C28H34N6O2.C2H6/c1-17-9-22-24(32(5)28(17)35)11-21(36-6)12-25(22)34-8-7-31(4)26-13-23(20(14-29)10-27(26)34)33-15-18(2)30-19(3)16-33;1-2/h9-13,18-19,30H,7-8,15-16H2,1-6H3;1-2H3. The number of nitrogens with zero attached hydrogens (tertiary/aromatic N) is 5. The molecule has 3 aromatic rings. The Morgan fingerprint density at radius 3 is 2.26 bits per heavy atom. The minimum atomic E-state index is -0.0173. The van der Waals surface area contributed by atoms with Gasteiger partial charge in [0.15, 0.2) is 0 Å². The third-order valence-electron chi connectivity index (χ3n) is 7.47. The summed E-state index contributed by atoms with van der Waals surface area (Å²) in [5.41, 5.74) is 6.20. The summed E-state index contributed by atoms with van der Waals surface area (Å²) in [5, 5.41) is 14.7. The molecule has 0 saturated carbocycles. The van der Waals surface area contributed by atoms with E-state index in [9.17, 15) is 10.1 Å². The lowest BCUT2D eigenvalue weighted by Crippen LogP contribution is -2.54. The Morgan fingerprint density at radius 2 is 1.63 bits per heavy atom. The second-order valence-electron chi connectivity index (χ2n) is 10.2. The van der Waals surface area contributed by atoms with Gasteiger partial charge in [-0.2, -0.15) is 5.26 Å². The third kappa shape index (κ3) is 4.79. The molecule has 0 spiro atoms. The quantitative estimate of drug-likeness (QED) is 0.548. The van der Waals surface area contributed by atoms with Crippen LogP contribution in [0.3, 0.4) is 0 Å². The fraction of sp³-hybridized carbons (Fsp3) is 0.467. The Kier molecular flexibility index (Phi) is 7.89. The molecular formula is C30H40N6O2. The van der Waals surface area contributed by atoms with Crippen LogP contribution in [0.4, 0.5) is 22.7 Å². The Bertz CT molecular complexity index is 1430. The van der Waals surface area contributed by atoms with Crippen LogP contribution in [0.15, 0.2) is 35.1 Å². The van der Waals surface area contributed by atoms with Crippen molar-refractivity contribution >= 4 is 33.7 Å². The molecule has 3 heterocycles. The first-order chi connectivity index (χ1) is 18.2. The second kappa shape index (κ2) is 11.0. The Morgan fingerprint density at radius 1 is 0.947 bits per heavy atom. The van der Waals surface area contributed by atoms with Crippen LogP contribution in [0.2, 0.25) is 0 Å². The summed E-state index contributed by atoms with van der Waals surface area (Å²) in [7, 11) is 5.55. The van der Waals surface area contributed by atoms with Gasteiger partial charge >= 0.3 is 0 Å². The molecule has 0 aliphatic carbocycles. The molecule has 2 atom stereocenters. The average molecular weight is 517 g/mol. The fourth-order valence-electron chi connectivity index (χ4n) is 5.72. The number of aromatic nitrogens is 1. The lowest BCUT2D eigenvalue weighted by atomic mass is 10.0. The molecule has 2 aliphatic rings. The van der Waals surface area contributed by atoms with Crippen LogP contribution in [0, 0.1) is 18.3 Å². The highest BCUT2D eigenvalue weighted by Crippen LogP contribution is 2.44. The summed E-state index contributed by atoms with van der Waals surface area (Å²) in [6.07, 6.45) is 0. The fourth-order valence-corrected chi connectivity index (χ4v) is 5.72. The van der Waals surface area contributed by atoms with Crippen molar-refractivity contribution in [1.29, 1.82) is 5.26 Å². The first-order valence-corrected chi connectivity index (χ1v) is 13.5. The van der Waals surface area contributed by atoms with Crippen molar-refractivity contribution in [3.05, 3.63) is 51.8 Å². The summed E-state index contributed by atoms with van der Waals surface area (Å²) in [5.74, 6) is 0.692. The van der Waals surface area contributed by atoms with Gasteiger partial charge in [-0.15, -0.1) is 0 Å². The molecule has 2 aromatic carbocycles. The maximum absolute atomic E-state index is 12.7. The summed E-state index contributed by atoms with van der Waals surface area (Å²) in [6, 6.07) is 13.3. The number of hydrogen-bond donors (Lipinski definition) is 1. The molecule has 202 valence electrons. The van der Waals surface area contributed by atoms with Gasteiger partial charge < -0.3 is 29.3 Å². The van der Waals surface area contributed by atoms with Gasteiger partial charge in [0, 0.05) is 75.4 Å². The second-order valence-corrected chi connectivity index (χ2v) is 10.2. The molecule has 8 heteroatoms. The molecule has 0 amide bonds. The van der Waals surface area contributed by atoms with Crippen molar-refractivity contribution < 1.29 is 4.74 Å². The number of ether oxygens (including phenoxy) is 1. The summed E-state index contributed by atoms with van der Waals surface area (Å²) in [4.78, 5) is 19.5. The highest BCUT2D eigenvalue weighted by atomic mass is 16.5. The van der Waals surface area contributed by atoms with Gasteiger partial charge in [-0.1, -0.05) is 13.8 Å². The number of anilines is 4. The molecule has 0 radical (unpaired) electrons. The number of benzene rings is 2. The third-order valence-corrected chi connectivity index (χ3v) is 7.47. The molecule has 8 nitrogen and oxygen atoms in total. The molecule has 0 bridgehead atoms. The average Bonchev–Trinajstić information content (AvgIpc) is 2.91. The van der Waals surface area contributed by atoms with E-state index in [1.807, 2.05) is 45.0 Å². The zero-order chi connectivity index (χ0) is 27.7. The van der Waals surface area contributed by atoms with E-state index in [1.54, 1.807) is 18.7 Å². The lowest BCUT2D eigenvalue weighted by Gasteiger charge is -2.41. The number of nitriles is 1. The molecular weight excluding hydrogens is 476 g/mol. The molecule has 1 N–H and O–H groups in total. The molecule has 1 aromatic heterocycles. The zero-order valence-corrected chi connectivity index (χ0v) is 23.9. The van der Waals surface area contributed by atoms with Gasteiger partial charge in [-0.3, -0.25) is 4.79 Å². The number of rotatable bonds is 3. The first kappa shape index (κ1) is 27.3. The number of nitrogens with one attached hydrogen (secondary N) is 1. The van der Waals surface area contributed by atoms with Crippen LogP contribution in [-0.2, 0) is 7.05 Å². The van der Waals surface area contributed by atoms with Crippen LogP contribution < -0.4 is 30.3 Å². The summed E-state index contributed by atoms with van der Waals surface area (Å²) >= 11 is 0. The van der Waals surface area contributed by atoms with Gasteiger partial charge in [-0.25, -0.2) is 0 Å². The summed E-state index contributed by atoms with van der Waals surface area (Å²) < 4.78 is 7.32. The molecule has 1 saturated heterocycles. The molecule has 2 aliphatic heterocycles. The van der Waals surface area contributed by atoms with Gasteiger partial charge in [0.25, 0.3) is 5.56 Å². The molecule has 38 heavy (non-hydrogen) atoms. The molecule has 5 rings (SSSR count). The van der Waals surface area contributed by atoms with Crippen molar-refractivity contribution in [2.24, 2.45) is 7.05 Å². The van der Waals surface area contributed by atoms with E-state index in [-0.39, 0.29) is 5.56 Å². The van der Waals surface area contributed by atoms with Gasteiger partial charge in [-0.05, 0) is 39.0 Å². The Balaban J connectivity index is 0.00000164. The van der Waals surface area contributed by atoms with E-state index in [1.165, 1.54) is 0 Å². The topological polar surface area (TPSA) is 76.8 Å². The number of likely N-dealkylation sites (N-methyl/N-ethyl adjacent to an activating group) is 1. The van der Waals surface area contributed by atoms with Crippen molar-refractivity contribution in [3.63, 3.8) is 0 Å². The molecule has 1 fully saturated rings. The minimum absolute atomic E-state index is 0.0173. The minimum Gasteiger partial charge on any atom is -0.497 e. The van der Waals surface area contributed by atoms with E-state index in [2.05, 4.69) is 53.0 Å². The Labute approximate surface area is 226 Å². The normalized spacial score (nSPS) is 19.0. The van der Waals surface area contributed by atoms with E-state index in [4.69, 9.17) is 4.74 Å². The van der Waals surface area contributed by atoms with Crippen LogP contribution >= 0.6 is 0 Å². The van der Waals surface area contributed by atoms with Crippen LogP contribution in [0.25, 0.3) is 10.9 Å². The smallest absolute Gasteiger partial charge is 0.253 e. The molecule has 2 unspecified atom stereocenters. The first-order valence-electron chi connectivity index (χ1n) is 13.5. The van der Waals surface area contributed by atoms with Gasteiger partial charge in [0.05, 0.1) is 40.9 Å². The van der Waals surface area contributed by atoms with E-state index < -0.39 is 0 Å². The highest BCUT2D eigenvalue weighted by Gasteiger charge is 2.29. The predicted molar refractivity (Wildman–Crippen MR) is 158 cm³/mol. The van der Waals surface area contributed by atoms with Crippen LogP contribution in [-0.4, -0.2) is 57.0 Å². The van der Waals surface area contributed by atoms with Gasteiger partial charge in [0.2, 0.25) is 0 Å². The van der Waals surface area contributed by atoms with Crippen LogP contribution in [0.1, 0.15) is 38.8 Å². The highest BCUT2D eigenvalue weighted by molar-refractivity contribution is 5.98. The van der Waals surface area contributed by atoms with Crippen molar-refractivity contribution in [3.8, 4) is 11.8 Å². The number of piperazine rings is 1. The van der Waals surface area contributed by atoms with E-state index >= 15 is 0 Å². The number of hydrogen-bond acceptors (Lipinski definition) is 7. The monoisotopic (exact) mass is 516 g/mol. The lowest BCUT2D eigenvalue weighted by molar-refractivity contribution is 0.407. The number of fused-ring (bicyclic) bond motifs is 2. The van der Waals surface area contributed by atoms with Gasteiger partial charge in [0.1, 0.15) is 11.8 Å². The maximum atomic E-state index is 12.7. The van der Waals surface area contributed by atoms with Crippen LogP contribution in [0.5, 0.6) is 5.75 Å². The maximum Gasteiger partial charge on any atom is 0.253 e. The number of pyridine rings is 1. The largest absolute Gasteiger partial charge is 0.497 e. The van der Waals surface area contributed by atoms with E-state index in [0.29, 0.717) is 29.0 Å². The zero-order valence-electron chi connectivity index (χ0n) is 23.9. The number of methoxy groups -OCH3 is 1. The number of aryl methyl sites for hydroxylation is 2. The van der Waals surface area contributed by atoms with Crippen molar-refractivity contribution in [1.82, 2.24) is 9.88 Å². The van der Waals surface area contributed by atoms with E-state index in [0.717, 1.165) is 59.8 Å². The summed E-state index contributed by atoms with van der Waals surface area (Å²) in [6.45, 7) is 13.5. The van der Waals surface area contributed by atoms with Crippen molar-refractivity contribution in [2.75, 3.05) is 55.0 Å².